The number of hydrogen-bond acceptors (Lipinski definition) is 4. The Morgan fingerprint density at radius 2 is 1.59 bits per heavy atom. The molecule has 4 heteroatoms. The third kappa shape index (κ3) is 4.99. The van der Waals surface area contributed by atoms with E-state index in [9.17, 15) is 9.59 Å². The van der Waals surface area contributed by atoms with Crippen LogP contribution in [0.1, 0.15) is 79.6 Å². The van der Waals surface area contributed by atoms with Gasteiger partial charge in [-0.25, -0.2) is 4.79 Å². The van der Waals surface area contributed by atoms with E-state index in [-0.39, 0.29) is 12.6 Å². The first kappa shape index (κ1) is 19.0. The number of carbonyl (C=O) groups is 2. The molecule has 1 aliphatic rings. The Kier molecular flexibility index (Phi) is 6.89. The van der Waals surface area contributed by atoms with E-state index < -0.39 is 17.0 Å². The van der Waals surface area contributed by atoms with Gasteiger partial charge in [-0.15, -0.1) is 0 Å². The Hall–Kier alpha value is -1.06. The molecular formula is C18H32O4. The van der Waals surface area contributed by atoms with Crippen LogP contribution in [-0.4, -0.2) is 24.1 Å². The van der Waals surface area contributed by atoms with Gasteiger partial charge in [0, 0.05) is 0 Å². The summed E-state index contributed by atoms with van der Waals surface area (Å²) >= 11 is 0. The van der Waals surface area contributed by atoms with Crippen LogP contribution in [0.4, 0.5) is 0 Å². The summed E-state index contributed by atoms with van der Waals surface area (Å²) in [5.74, 6) is -0.365. The van der Waals surface area contributed by atoms with Crippen molar-refractivity contribution in [2.75, 3.05) is 6.61 Å². The van der Waals surface area contributed by atoms with E-state index in [0.717, 1.165) is 19.3 Å². The fourth-order valence-corrected chi connectivity index (χ4v) is 2.91. The molecule has 1 rings (SSSR count). The van der Waals surface area contributed by atoms with Crippen molar-refractivity contribution < 1.29 is 19.1 Å². The zero-order valence-corrected chi connectivity index (χ0v) is 14.9. The molecule has 0 amide bonds. The Morgan fingerprint density at radius 3 is 2.09 bits per heavy atom. The lowest BCUT2D eigenvalue weighted by Gasteiger charge is -2.38. The molecule has 128 valence electrons. The van der Waals surface area contributed by atoms with Crippen LogP contribution in [0.5, 0.6) is 0 Å². The average molecular weight is 312 g/mol. The van der Waals surface area contributed by atoms with Crippen LogP contribution in [0.3, 0.4) is 0 Å². The topological polar surface area (TPSA) is 52.6 Å². The minimum atomic E-state index is -0.558. The van der Waals surface area contributed by atoms with Crippen LogP contribution in [-0.2, 0) is 19.1 Å². The molecule has 0 aromatic carbocycles. The van der Waals surface area contributed by atoms with Gasteiger partial charge in [0.15, 0.2) is 6.61 Å². The number of carbonyl (C=O) groups excluding carboxylic acids is 2. The molecular weight excluding hydrogens is 280 g/mol. The minimum Gasteiger partial charge on any atom is -0.457 e. The first-order valence-corrected chi connectivity index (χ1v) is 8.64. The SMILES string of the molecule is CCC(C)(C)C(=O)OCC(=O)OC(C)(CC)C1CCCCC1. The van der Waals surface area contributed by atoms with E-state index in [4.69, 9.17) is 9.47 Å². The number of rotatable bonds is 7. The molecule has 1 fully saturated rings. The lowest BCUT2D eigenvalue weighted by atomic mass is 9.76. The van der Waals surface area contributed by atoms with Gasteiger partial charge in [0.2, 0.25) is 0 Å². The average Bonchev–Trinajstić information content (AvgIpc) is 2.53. The summed E-state index contributed by atoms with van der Waals surface area (Å²) in [6.07, 6.45) is 7.37. The van der Waals surface area contributed by atoms with Crippen molar-refractivity contribution in [3.63, 3.8) is 0 Å². The maximum atomic E-state index is 12.1. The summed E-state index contributed by atoms with van der Waals surface area (Å²) in [6.45, 7) is 9.34. The van der Waals surface area contributed by atoms with Gasteiger partial charge in [0.25, 0.3) is 0 Å². The van der Waals surface area contributed by atoms with E-state index in [2.05, 4.69) is 0 Å². The normalized spacial score (nSPS) is 19.3. The number of ether oxygens (including phenoxy) is 2. The first-order valence-electron chi connectivity index (χ1n) is 8.64. The molecule has 0 aromatic rings. The molecule has 4 nitrogen and oxygen atoms in total. The molecule has 0 saturated heterocycles. The van der Waals surface area contributed by atoms with Crippen LogP contribution in [0.25, 0.3) is 0 Å². The Morgan fingerprint density at radius 1 is 1.00 bits per heavy atom. The van der Waals surface area contributed by atoms with Crippen molar-refractivity contribution in [2.45, 2.75) is 85.2 Å². The Balaban J connectivity index is 2.53. The largest absolute Gasteiger partial charge is 0.457 e. The van der Waals surface area contributed by atoms with Crippen molar-refractivity contribution in [1.29, 1.82) is 0 Å². The fraction of sp³-hybridized carbons (Fsp3) is 0.889. The van der Waals surface area contributed by atoms with Gasteiger partial charge in [-0.3, -0.25) is 4.79 Å². The molecule has 0 aliphatic heterocycles. The molecule has 0 radical (unpaired) electrons. The summed E-state index contributed by atoms with van der Waals surface area (Å²) in [5.41, 5.74) is -0.998. The molecule has 0 aromatic heterocycles. The monoisotopic (exact) mass is 312 g/mol. The Bertz CT molecular complexity index is 383. The predicted molar refractivity (Wildman–Crippen MR) is 86.4 cm³/mol. The summed E-state index contributed by atoms with van der Waals surface area (Å²) in [7, 11) is 0. The highest BCUT2D eigenvalue weighted by atomic mass is 16.6. The maximum Gasteiger partial charge on any atom is 0.344 e. The van der Waals surface area contributed by atoms with Crippen molar-refractivity contribution in [1.82, 2.24) is 0 Å². The van der Waals surface area contributed by atoms with E-state index in [1.54, 1.807) is 0 Å². The fourth-order valence-electron chi connectivity index (χ4n) is 2.91. The third-order valence-corrected chi connectivity index (χ3v) is 5.28. The quantitative estimate of drug-likeness (QED) is 0.659. The Labute approximate surface area is 134 Å². The van der Waals surface area contributed by atoms with Crippen LogP contribution in [0.2, 0.25) is 0 Å². The smallest absolute Gasteiger partial charge is 0.344 e. The summed E-state index contributed by atoms with van der Waals surface area (Å²) in [6, 6.07) is 0. The van der Waals surface area contributed by atoms with Gasteiger partial charge in [-0.1, -0.05) is 33.1 Å². The van der Waals surface area contributed by atoms with Crippen LogP contribution in [0.15, 0.2) is 0 Å². The van der Waals surface area contributed by atoms with Crippen molar-refractivity contribution in [3.05, 3.63) is 0 Å². The zero-order valence-electron chi connectivity index (χ0n) is 14.9. The lowest BCUT2D eigenvalue weighted by molar-refractivity contribution is -0.178. The summed E-state index contributed by atoms with van der Waals surface area (Å²) in [5, 5.41) is 0. The molecule has 0 heterocycles. The van der Waals surface area contributed by atoms with Gasteiger partial charge in [0.05, 0.1) is 5.41 Å². The second-order valence-corrected chi connectivity index (χ2v) is 7.29. The van der Waals surface area contributed by atoms with Crippen molar-refractivity contribution >= 4 is 11.9 Å². The molecule has 1 saturated carbocycles. The van der Waals surface area contributed by atoms with Crippen LogP contribution < -0.4 is 0 Å². The van der Waals surface area contributed by atoms with Crippen molar-refractivity contribution in [3.8, 4) is 0 Å². The number of esters is 2. The van der Waals surface area contributed by atoms with Gasteiger partial charge in [-0.05, 0) is 52.4 Å². The molecule has 1 atom stereocenters. The summed E-state index contributed by atoms with van der Waals surface area (Å²) in [4.78, 5) is 24.0. The van der Waals surface area contributed by atoms with E-state index in [1.807, 2.05) is 34.6 Å². The van der Waals surface area contributed by atoms with E-state index in [0.29, 0.717) is 12.3 Å². The van der Waals surface area contributed by atoms with Gasteiger partial charge in [-0.2, -0.15) is 0 Å². The van der Waals surface area contributed by atoms with Gasteiger partial charge < -0.3 is 9.47 Å². The summed E-state index contributed by atoms with van der Waals surface area (Å²) < 4.78 is 10.8. The molecule has 0 spiro atoms. The lowest BCUT2D eigenvalue weighted by Crippen LogP contribution is -2.41. The highest BCUT2D eigenvalue weighted by Gasteiger charge is 2.37. The second kappa shape index (κ2) is 7.98. The van der Waals surface area contributed by atoms with Gasteiger partial charge >= 0.3 is 11.9 Å². The highest BCUT2D eigenvalue weighted by Crippen LogP contribution is 2.37. The molecule has 0 bridgehead atoms. The minimum absolute atomic E-state index is 0.287. The van der Waals surface area contributed by atoms with Gasteiger partial charge in [0.1, 0.15) is 5.60 Å². The van der Waals surface area contributed by atoms with Crippen molar-refractivity contribution in [2.24, 2.45) is 11.3 Å². The van der Waals surface area contributed by atoms with E-state index in [1.165, 1.54) is 19.3 Å². The third-order valence-electron chi connectivity index (χ3n) is 5.28. The molecule has 22 heavy (non-hydrogen) atoms. The molecule has 0 N–H and O–H groups in total. The first-order chi connectivity index (χ1) is 10.2. The molecule has 1 unspecified atom stereocenters. The highest BCUT2D eigenvalue weighted by molar-refractivity contribution is 5.79. The second-order valence-electron chi connectivity index (χ2n) is 7.29. The number of hydrogen-bond donors (Lipinski definition) is 0. The van der Waals surface area contributed by atoms with Crippen LogP contribution in [0, 0.1) is 11.3 Å². The van der Waals surface area contributed by atoms with Crippen LogP contribution >= 0.6 is 0 Å². The van der Waals surface area contributed by atoms with E-state index >= 15 is 0 Å². The standard InChI is InChI=1S/C18H32O4/c1-6-17(3,4)16(20)21-13-15(19)22-18(5,7-2)14-11-9-8-10-12-14/h14H,6-13H2,1-5H3. The molecule has 1 aliphatic carbocycles. The maximum absolute atomic E-state index is 12.1. The zero-order chi connectivity index (χ0) is 16.8. The predicted octanol–water partition coefficient (Wildman–Crippen LogP) is 4.26.